The first-order chi connectivity index (χ1) is 26.3. The average Bonchev–Trinajstić information content (AvgIpc) is 3.13. The highest BCUT2D eigenvalue weighted by atomic mass is 32.2. The number of carbonyl (C=O) groups is 1. The SMILES string of the molecule is Nc1ccc(N=Nc2ccc(-c3ccc(N=Nc4c(S(=O)(=O)O)cc5c(c4N)C(=O)C(=NNc4ccc(S(=O)(=O)O)cc4)C(S(=O)(=O)O)=C5)cc3)cc2)c(N)c1. The lowest BCUT2D eigenvalue weighted by atomic mass is 9.92. The van der Waals surface area contributed by atoms with Gasteiger partial charge in [-0.2, -0.15) is 40.6 Å². The third kappa shape index (κ3) is 8.49. The Balaban J connectivity index is 1.29. The van der Waals surface area contributed by atoms with Crippen molar-refractivity contribution in [2.75, 3.05) is 22.6 Å². The average molecular weight is 818 g/mol. The van der Waals surface area contributed by atoms with Crippen LogP contribution in [0.2, 0.25) is 0 Å². The number of allylic oxidation sites excluding steroid dienone is 1. The number of ketones is 1. The molecule has 0 radical (unpaired) electrons. The van der Waals surface area contributed by atoms with E-state index in [0.717, 1.165) is 41.5 Å². The van der Waals surface area contributed by atoms with Crippen molar-refractivity contribution in [1.82, 2.24) is 0 Å². The van der Waals surface area contributed by atoms with Crippen LogP contribution in [0.1, 0.15) is 15.9 Å². The van der Waals surface area contributed by atoms with Gasteiger partial charge in [-0.3, -0.25) is 23.9 Å². The summed E-state index contributed by atoms with van der Waals surface area (Å²) in [6.45, 7) is 0. The number of rotatable bonds is 10. The number of hydrogen-bond donors (Lipinski definition) is 7. The standard InChI is InChI=1S/C34H27N9O10S3/c35-21-5-14-27(26(36)17-21)41-38-22-6-1-18(2-7-22)19-3-8-23(9-4-19)39-42-32-28(55(48,49)50)15-20-16-29(56(51,52)53)33(34(44)30(20)31(32)37)43-40-24-10-12-25(13-11-24)54(45,46)47/h1-17,40H,35-37H2,(H,45,46,47)(H,48,49,50)(H,51,52,53). The highest BCUT2D eigenvalue weighted by Gasteiger charge is 2.37. The van der Waals surface area contributed by atoms with Crippen molar-refractivity contribution in [3.8, 4) is 11.1 Å². The van der Waals surface area contributed by atoms with Gasteiger partial charge in [0.1, 0.15) is 21.2 Å². The van der Waals surface area contributed by atoms with Gasteiger partial charge in [0.25, 0.3) is 30.4 Å². The number of anilines is 4. The van der Waals surface area contributed by atoms with Crippen LogP contribution in [0, 0.1) is 0 Å². The Morgan fingerprint density at radius 2 is 1.18 bits per heavy atom. The zero-order valence-corrected chi connectivity index (χ0v) is 30.7. The van der Waals surface area contributed by atoms with Gasteiger partial charge in [-0.25, -0.2) is 0 Å². The minimum Gasteiger partial charge on any atom is -0.399 e. The fourth-order valence-corrected chi connectivity index (χ4v) is 7.05. The summed E-state index contributed by atoms with van der Waals surface area (Å²) in [5, 5.41) is 20.1. The molecule has 22 heteroatoms. The van der Waals surface area contributed by atoms with Crippen LogP contribution in [0.15, 0.2) is 137 Å². The van der Waals surface area contributed by atoms with E-state index < -0.39 is 79.0 Å². The van der Waals surface area contributed by atoms with Crippen molar-refractivity contribution in [1.29, 1.82) is 0 Å². The number of nitrogens with two attached hydrogens (primary N) is 3. The molecule has 0 saturated carbocycles. The van der Waals surface area contributed by atoms with Gasteiger partial charge in [0.05, 0.1) is 38.9 Å². The summed E-state index contributed by atoms with van der Waals surface area (Å²) >= 11 is 0. The third-order valence-corrected chi connectivity index (χ3v) is 10.6. The van der Waals surface area contributed by atoms with E-state index in [9.17, 15) is 43.7 Å². The molecule has 5 aromatic carbocycles. The Morgan fingerprint density at radius 3 is 1.70 bits per heavy atom. The molecule has 0 saturated heterocycles. The number of nitrogens with zero attached hydrogens (tertiary/aromatic N) is 5. The summed E-state index contributed by atoms with van der Waals surface area (Å²) < 4.78 is 101. The van der Waals surface area contributed by atoms with Gasteiger partial charge in [-0.1, -0.05) is 24.3 Å². The molecule has 6 rings (SSSR count). The molecule has 0 unspecified atom stereocenters. The molecule has 0 atom stereocenters. The van der Waals surface area contributed by atoms with E-state index in [-0.39, 0.29) is 11.4 Å². The van der Waals surface area contributed by atoms with Crippen LogP contribution in [-0.2, 0) is 30.4 Å². The van der Waals surface area contributed by atoms with Crippen LogP contribution in [0.3, 0.4) is 0 Å². The summed E-state index contributed by atoms with van der Waals surface area (Å²) in [5.41, 5.74) is 20.8. The molecule has 56 heavy (non-hydrogen) atoms. The van der Waals surface area contributed by atoms with E-state index in [1.807, 2.05) is 0 Å². The normalized spacial score (nSPS) is 14.3. The summed E-state index contributed by atoms with van der Waals surface area (Å²) in [6.07, 6.45) is 0.712. The van der Waals surface area contributed by atoms with Crippen molar-refractivity contribution >= 4 is 93.4 Å². The zero-order chi connectivity index (χ0) is 40.6. The molecule has 0 bridgehead atoms. The predicted molar refractivity (Wildman–Crippen MR) is 207 cm³/mol. The Morgan fingerprint density at radius 1 is 0.607 bits per heavy atom. The molecular weight excluding hydrogens is 791 g/mol. The van der Waals surface area contributed by atoms with Gasteiger partial charge >= 0.3 is 0 Å². The summed E-state index contributed by atoms with van der Waals surface area (Å²) in [7, 11) is -14.9. The first-order valence-corrected chi connectivity index (χ1v) is 19.9. The van der Waals surface area contributed by atoms with Gasteiger partial charge in [0.15, 0.2) is 5.71 Å². The van der Waals surface area contributed by atoms with E-state index in [1.54, 1.807) is 66.7 Å². The molecule has 0 aromatic heterocycles. The van der Waals surface area contributed by atoms with Crippen LogP contribution >= 0.6 is 0 Å². The zero-order valence-electron chi connectivity index (χ0n) is 28.2. The highest BCUT2D eigenvalue weighted by Crippen LogP contribution is 2.41. The van der Waals surface area contributed by atoms with E-state index in [4.69, 9.17) is 17.2 Å². The Bertz CT molecular complexity index is 2880. The fraction of sp³-hybridized carbons (Fsp3) is 0. The number of Topliss-reactive ketones (excluding diaryl/α,β-unsaturated/α-hetero) is 1. The lowest BCUT2D eigenvalue weighted by Gasteiger charge is -2.20. The van der Waals surface area contributed by atoms with E-state index in [1.165, 1.54) is 0 Å². The van der Waals surface area contributed by atoms with E-state index >= 15 is 0 Å². The topological polar surface area (TPSA) is 332 Å². The molecule has 5 aromatic rings. The van der Waals surface area contributed by atoms with Crippen molar-refractivity contribution in [3.05, 3.63) is 113 Å². The van der Waals surface area contributed by atoms with Crippen LogP contribution in [0.25, 0.3) is 17.2 Å². The second kappa shape index (κ2) is 14.9. The number of hydrazone groups is 1. The minimum atomic E-state index is -5.19. The Labute approximate surface area is 318 Å². The Kier molecular flexibility index (Phi) is 10.4. The third-order valence-electron chi connectivity index (χ3n) is 7.96. The molecule has 286 valence electrons. The van der Waals surface area contributed by atoms with Gasteiger partial charge in [0, 0.05) is 5.69 Å². The number of carbonyl (C=O) groups excluding carboxylic acids is 1. The van der Waals surface area contributed by atoms with Crippen molar-refractivity contribution in [3.63, 3.8) is 0 Å². The molecule has 10 N–H and O–H groups in total. The van der Waals surface area contributed by atoms with Gasteiger partial charge in [-0.15, -0.1) is 10.2 Å². The van der Waals surface area contributed by atoms with Gasteiger partial charge in [0.2, 0.25) is 5.78 Å². The fourth-order valence-electron chi connectivity index (χ4n) is 5.24. The molecule has 0 heterocycles. The monoisotopic (exact) mass is 817 g/mol. The second-order valence-electron chi connectivity index (χ2n) is 11.8. The van der Waals surface area contributed by atoms with Gasteiger partial charge in [-0.05, 0) is 95.6 Å². The molecule has 1 aliphatic rings. The summed E-state index contributed by atoms with van der Waals surface area (Å²) in [4.78, 5) is 11.3. The lowest BCUT2D eigenvalue weighted by molar-refractivity contribution is 0.106. The number of nitrogens with one attached hydrogen (secondary N) is 1. The maximum atomic E-state index is 13.7. The van der Waals surface area contributed by atoms with E-state index in [2.05, 4.69) is 31.0 Å². The number of nitrogen functional groups attached to an aromatic ring is 3. The maximum absolute atomic E-state index is 13.7. The minimum absolute atomic E-state index is 0.0215. The first-order valence-electron chi connectivity index (χ1n) is 15.6. The summed E-state index contributed by atoms with van der Waals surface area (Å²) in [5.74, 6) is -1.21. The molecule has 0 fully saturated rings. The van der Waals surface area contributed by atoms with Crippen LogP contribution in [-0.4, -0.2) is 50.4 Å². The molecule has 1 aliphatic carbocycles. The molecular formula is C34H27N9O10S3. The Hall–Kier alpha value is -6.69. The molecule has 0 aliphatic heterocycles. The quantitative estimate of drug-likeness (QED) is 0.0351. The highest BCUT2D eigenvalue weighted by molar-refractivity contribution is 7.91. The predicted octanol–water partition coefficient (Wildman–Crippen LogP) is 6.32. The molecule has 19 nitrogen and oxygen atoms in total. The number of hydrogen-bond acceptors (Lipinski definition) is 16. The number of azo groups is 2. The van der Waals surface area contributed by atoms with Crippen molar-refractivity contribution < 1.29 is 43.7 Å². The first kappa shape index (κ1) is 39.0. The second-order valence-corrected chi connectivity index (χ2v) is 16.0. The maximum Gasteiger partial charge on any atom is 0.296 e. The van der Waals surface area contributed by atoms with Crippen LogP contribution in [0.5, 0.6) is 0 Å². The molecule has 0 amide bonds. The van der Waals surface area contributed by atoms with Crippen molar-refractivity contribution in [2.45, 2.75) is 9.79 Å². The number of fused-ring (bicyclic) bond motifs is 1. The summed E-state index contributed by atoms with van der Waals surface area (Å²) in [6, 6.07) is 23.4. The van der Waals surface area contributed by atoms with Crippen molar-refractivity contribution in [2.24, 2.45) is 25.6 Å². The van der Waals surface area contributed by atoms with E-state index in [0.29, 0.717) is 28.8 Å². The lowest BCUT2D eigenvalue weighted by Crippen LogP contribution is -2.28. The van der Waals surface area contributed by atoms with Gasteiger partial charge < -0.3 is 17.2 Å². The largest absolute Gasteiger partial charge is 0.399 e. The van der Waals surface area contributed by atoms with Crippen LogP contribution in [0.4, 0.5) is 45.5 Å². The number of benzene rings is 5. The van der Waals surface area contributed by atoms with Crippen LogP contribution < -0.4 is 22.6 Å². The molecule has 0 spiro atoms. The smallest absolute Gasteiger partial charge is 0.296 e.